The van der Waals surface area contributed by atoms with E-state index in [1.165, 1.54) is 65.4 Å². The Kier molecular flexibility index (Phi) is 7.36. The maximum Gasteiger partial charge on any atom is 0.143 e. The first-order valence-corrected chi connectivity index (χ1v) is 21.9. The molecule has 0 atom stereocenters. The molecule has 4 nitrogen and oxygen atoms in total. The van der Waals surface area contributed by atoms with Crippen molar-refractivity contribution in [3.63, 3.8) is 0 Å². The van der Waals surface area contributed by atoms with Crippen molar-refractivity contribution >= 4 is 87.4 Å². The predicted molar refractivity (Wildman–Crippen MR) is 268 cm³/mol. The highest BCUT2D eigenvalue weighted by Crippen LogP contribution is 2.46. The molecule has 0 bridgehead atoms. The lowest BCUT2D eigenvalue weighted by Crippen LogP contribution is -1.99. The first kappa shape index (κ1) is 35.0. The van der Waals surface area contributed by atoms with Crippen LogP contribution in [-0.2, 0) is 0 Å². The summed E-state index contributed by atoms with van der Waals surface area (Å²) in [5.74, 6) is 0. The molecule has 0 amide bonds. The van der Waals surface area contributed by atoms with E-state index in [9.17, 15) is 0 Å². The van der Waals surface area contributed by atoms with Gasteiger partial charge in [0.05, 0.1) is 44.5 Å². The van der Waals surface area contributed by atoms with Crippen molar-refractivity contribution in [2.45, 2.75) is 0 Å². The molecule has 4 heterocycles. The van der Waals surface area contributed by atoms with Crippen molar-refractivity contribution < 1.29 is 4.42 Å². The highest BCUT2D eigenvalue weighted by atomic mass is 16.3. The molecule has 0 aliphatic heterocycles. The summed E-state index contributed by atoms with van der Waals surface area (Å²) in [6, 6.07) is 81.3. The smallest absolute Gasteiger partial charge is 0.143 e. The lowest BCUT2D eigenvalue weighted by Gasteiger charge is -2.16. The molecule has 64 heavy (non-hydrogen) atoms. The summed E-state index contributed by atoms with van der Waals surface area (Å²) in [7, 11) is 0. The number of fused-ring (bicyclic) bond motifs is 12. The first-order chi connectivity index (χ1) is 31.8. The number of para-hydroxylation sites is 9. The van der Waals surface area contributed by atoms with Gasteiger partial charge in [-0.1, -0.05) is 164 Å². The molecule has 0 aliphatic rings. The number of benzene rings is 10. The average Bonchev–Trinajstić information content (AvgIpc) is 4.10. The molecule has 0 fully saturated rings. The van der Waals surface area contributed by atoms with Crippen LogP contribution in [0.15, 0.2) is 229 Å². The summed E-state index contributed by atoms with van der Waals surface area (Å²) in [4.78, 5) is 0. The van der Waals surface area contributed by atoms with Crippen molar-refractivity contribution in [3.8, 4) is 39.3 Å². The molecular weight excluding hydrogens is 779 g/mol. The second kappa shape index (κ2) is 13.4. The fourth-order valence-corrected chi connectivity index (χ4v) is 10.8. The van der Waals surface area contributed by atoms with E-state index in [-0.39, 0.29) is 0 Å². The van der Waals surface area contributed by atoms with Gasteiger partial charge < -0.3 is 18.1 Å². The molecule has 0 saturated carbocycles. The van der Waals surface area contributed by atoms with E-state index < -0.39 is 0 Å². The minimum Gasteiger partial charge on any atom is -0.455 e. The first-order valence-electron chi connectivity index (χ1n) is 21.9. The number of rotatable bonds is 5. The van der Waals surface area contributed by atoms with Crippen LogP contribution in [0.1, 0.15) is 0 Å². The molecule has 0 aliphatic carbocycles. The van der Waals surface area contributed by atoms with E-state index in [1.807, 2.05) is 0 Å². The monoisotopic (exact) mass is 815 g/mol. The number of furan rings is 1. The largest absolute Gasteiger partial charge is 0.455 e. The summed E-state index contributed by atoms with van der Waals surface area (Å²) in [6.07, 6.45) is 0. The molecule has 0 unspecified atom stereocenters. The molecule has 14 rings (SSSR count). The van der Waals surface area contributed by atoms with Crippen LogP contribution in [0.5, 0.6) is 0 Å². The van der Waals surface area contributed by atoms with Gasteiger partial charge in [0.25, 0.3) is 0 Å². The van der Waals surface area contributed by atoms with Gasteiger partial charge in [0.15, 0.2) is 0 Å². The molecule has 14 aromatic rings. The second-order valence-electron chi connectivity index (χ2n) is 16.8. The third-order valence-electron chi connectivity index (χ3n) is 13.5. The van der Waals surface area contributed by atoms with Crippen molar-refractivity contribution in [2.75, 3.05) is 0 Å². The van der Waals surface area contributed by atoms with Crippen LogP contribution >= 0.6 is 0 Å². The van der Waals surface area contributed by atoms with Gasteiger partial charge in [0, 0.05) is 71.0 Å². The Morgan fingerprint density at radius 1 is 0.234 bits per heavy atom. The SMILES string of the molecule is c1ccc(-n2c3ccccc3c3ccccc32)c(-c2cccc3c2oc2c(-c4ccccc4-n4c5ccccc5c5ccccc54)cc(-n4c5ccccc5c5ccccc54)cc23)c1. The number of hydrogen-bond acceptors (Lipinski definition) is 1. The fraction of sp³-hybridized carbons (Fsp3) is 0. The maximum atomic E-state index is 7.44. The Balaban J connectivity index is 1.09. The summed E-state index contributed by atoms with van der Waals surface area (Å²) in [6.45, 7) is 0. The van der Waals surface area contributed by atoms with Crippen LogP contribution in [-0.4, -0.2) is 13.7 Å². The topological polar surface area (TPSA) is 27.9 Å². The number of nitrogens with zero attached hydrogens (tertiary/aromatic N) is 3. The zero-order valence-electron chi connectivity index (χ0n) is 34.6. The molecular formula is C60H37N3O. The van der Waals surface area contributed by atoms with E-state index >= 15 is 0 Å². The van der Waals surface area contributed by atoms with Gasteiger partial charge in [-0.25, -0.2) is 0 Å². The van der Waals surface area contributed by atoms with Crippen molar-refractivity contribution in [2.24, 2.45) is 0 Å². The maximum absolute atomic E-state index is 7.44. The standard InChI is InChI=1S/C60H37N3O/c1-9-28-51-39(18-1)40-19-2-10-29-52(40)61(51)38-36-49(46-25-8-16-35-58(46)63-55-32-13-5-22-43(55)44-23-6-14-33-56(44)63)60-50(37-38)48-27-17-26-47(59(48)64-60)45-24-7-15-34-57(45)62-53-30-11-3-20-41(53)42-21-4-12-31-54(42)62/h1-37H. The lowest BCUT2D eigenvalue weighted by molar-refractivity contribution is 0.671. The van der Waals surface area contributed by atoms with E-state index in [1.54, 1.807) is 0 Å². The van der Waals surface area contributed by atoms with Crippen LogP contribution in [0.25, 0.3) is 127 Å². The molecule has 0 spiro atoms. The molecule has 4 heteroatoms. The van der Waals surface area contributed by atoms with Gasteiger partial charge in [-0.2, -0.15) is 0 Å². The summed E-state index contributed by atoms with van der Waals surface area (Å²) in [5.41, 5.74) is 16.3. The predicted octanol–water partition coefficient (Wildman–Crippen LogP) is 16.2. The third-order valence-corrected chi connectivity index (χ3v) is 13.5. The molecule has 0 saturated heterocycles. The van der Waals surface area contributed by atoms with Crippen LogP contribution < -0.4 is 0 Å². The fourth-order valence-electron chi connectivity index (χ4n) is 10.8. The number of aromatic nitrogens is 3. The molecule has 0 N–H and O–H groups in total. The van der Waals surface area contributed by atoms with Gasteiger partial charge in [-0.05, 0) is 60.7 Å². The summed E-state index contributed by atoms with van der Waals surface area (Å²) in [5, 5.41) is 9.52. The Hall–Kier alpha value is -8.60. The van der Waals surface area contributed by atoms with Gasteiger partial charge >= 0.3 is 0 Å². The van der Waals surface area contributed by atoms with Gasteiger partial charge in [0.1, 0.15) is 11.2 Å². The van der Waals surface area contributed by atoms with Gasteiger partial charge in [0.2, 0.25) is 0 Å². The second-order valence-corrected chi connectivity index (χ2v) is 16.8. The van der Waals surface area contributed by atoms with Crippen molar-refractivity contribution in [1.29, 1.82) is 0 Å². The zero-order chi connectivity index (χ0) is 41.9. The summed E-state index contributed by atoms with van der Waals surface area (Å²) >= 11 is 0. The van der Waals surface area contributed by atoms with E-state index in [4.69, 9.17) is 4.42 Å². The van der Waals surface area contributed by atoms with Crippen LogP contribution in [0.3, 0.4) is 0 Å². The minimum atomic E-state index is 0.856. The van der Waals surface area contributed by atoms with Gasteiger partial charge in [-0.3, -0.25) is 0 Å². The molecule has 4 aromatic heterocycles. The number of hydrogen-bond donors (Lipinski definition) is 0. The van der Waals surface area contributed by atoms with E-state index in [0.29, 0.717) is 0 Å². The quantitative estimate of drug-likeness (QED) is 0.170. The normalized spacial score (nSPS) is 12.1. The average molecular weight is 816 g/mol. The molecule has 0 radical (unpaired) electrons. The third kappa shape index (κ3) is 4.88. The van der Waals surface area contributed by atoms with Crippen LogP contribution in [0.4, 0.5) is 0 Å². The van der Waals surface area contributed by atoms with Crippen molar-refractivity contribution in [1.82, 2.24) is 13.7 Å². The lowest BCUT2D eigenvalue weighted by atomic mass is 9.97. The zero-order valence-corrected chi connectivity index (χ0v) is 34.6. The summed E-state index contributed by atoms with van der Waals surface area (Å²) < 4.78 is 14.7. The van der Waals surface area contributed by atoms with Gasteiger partial charge in [-0.15, -0.1) is 0 Å². The van der Waals surface area contributed by atoms with Crippen molar-refractivity contribution in [3.05, 3.63) is 224 Å². The van der Waals surface area contributed by atoms with E-state index in [2.05, 4.69) is 238 Å². The van der Waals surface area contributed by atoms with Crippen LogP contribution in [0, 0.1) is 0 Å². The Morgan fingerprint density at radius 2 is 0.562 bits per heavy atom. The highest BCUT2D eigenvalue weighted by molar-refractivity contribution is 6.17. The van der Waals surface area contributed by atoms with E-state index in [0.717, 1.165) is 61.3 Å². The Bertz CT molecular complexity index is 4050. The highest BCUT2D eigenvalue weighted by Gasteiger charge is 2.24. The molecule has 10 aromatic carbocycles. The van der Waals surface area contributed by atoms with Crippen LogP contribution in [0.2, 0.25) is 0 Å². The Labute approximate surface area is 367 Å². The Morgan fingerprint density at radius 3 is 1.02 bits per heavy atom. The minimum absolute atomic E-state index is 0.856. The molecule has 298 valence electrons.